The minimum atomic E-state index is -0.608. The van der Waals surface area contributed by atoms with E-state index in [1.54, 1.807) is 27.8 Å². The van der Waals surface area contributed by atoms with Crippen LogP contribution in [0.5, 0.6) is 0 Å². The van der Waals surface area contributed by atoms with Crippen molar-refractivity contribution in [3.63, 3.8) is 0 Å². The summed E-state index contributed by atoms with van der Waals surface area (Å²) in [5.41, 5.74) is 2.29. The smallest absolute Gasteiger partial charge is 0.338 e. The van der Waals surface area contributed by atoms with Gasteiger partial charge in [0.05, 0.1) is 23.1 Å². The molecular formula is C27H35N3O4. The number of benzene rings is 1. The number of urea groups is 1. The van der Waals surface area contributed by atoms with E-state index in [4.69, 9.17) is 4.74 Å². The Bertz CT molecular complexity index is 1010. The Morgan fingerprint density at radius 1 is 1.06 bits per heavy atom. The Morgan fingerprint density at radius 2 is 1.62 bits per heavy atom. The molecule has 1 aromatic carbocycles. The number of hydrogen-bond acceptors (Lipinski definition) is 4. The van der Waals surface area contributed by atoms with Crippen molar-refractivity contribution >= 4 is 23.6 Å². The lowest BCUT2D eigenvalue weighted by Crippen LogP contribution is -2.51. The molecule has 7 nitrogen and oxygen atoms in total. The topological polar surface area (TPSA) is 87.7 Å². The van der Waals surface area contributed by atoms with E-state index in [0.29, 0.717) is 29.0 Å². The van der Waals surface area contributed by atoms with Gasteiger partial charge in [-0.2, -0.15) is 0 Å². The number of nitrogens with zero attached hydrogens (tertiary/aromatic N) is 1. The molecule has 0 aromatic heterocycles. The third-order valence-electron chi connectivity index (χ3n) is 8.34. The van der Waals surface area contributed by atoms with E-state index in [0.717, 1.165) is 30.5 Å². The highest BCUT2D eigenvalue weighted by molar-refractivity contribution is 5.96. The third kappa shape index (κ3) is 3.99. The number of anilines is 1. The van der Waals surface area contributed by atoms with Gasteiger partial charge in [0.2, 0.25) is 5.91 Å². The van der Waals surface area contributed by atoms with E-state index in [1.807, 2.05) is 24.3 Å². The number of hydrogen-bond donors (Lipinski definition) is 2. The predicted molar refractivity (Wildman–Crippen MR) is 129 cm³/mol. The Hall–Kier alpha value is -2.83. The van der Waals surface area contributed by atoms with Crippen molar-refractivity contribution in [3.8, 4) is 0 Å². The largest absolute Gasteiger partial charge is 0.459 e. The zero-order chi connectivity index (χ0) is 24.2. The molecule has 0 radical (unpaired) electrons. The van der Waals surface area contributed by atoms with Crippen LogP contribution in [0.25, 0.3) is 0 Å². The third-order valence-corrected chi connectivity index (χ3v) is 8.34. The van der Waals surface area contributed by atoms with E-state index in [-0.39, 0.29) is 23.5 Å². The van der Waals surface area contributed by atoms with Crippen molar-refractivity contribution in [1.82, 2.24) is 10.2 Å². The van der Waals surface area contributed by atoms with Gasteiger partial charge in [0, 0.05) is 18.4 Å². The highest BCUT2D eigenvalue weighted by Crippen LogP contribution is 2.60. The fraction of sp³-hybridized carbons (Fsp3) is 0.593. The van der Waals surface area contributed by atoms with E-state index in [1.165, 1.54) is 24.2 Å². The molecule has 0 saturated heterocycles. The van der Waals surface area contributed by atoms with Crippen LogP contribution < -0.4 is 10.6 Å². The highest BCUT2D eigenvalue weighted by Gasteiger charge is 2.54. The number of carbonyl (C=O) groups is 3. The fourth-order valence-corrected chi connectivity index (χ4v) is 7.04. The highest BCUT2D eigenvalue weighted by atomic mass is 16.5. The van der Waals surface area contributed by atoms with Crippen LogP contribution in [0, 0.1) is 23.2 Å². The molecule has 1 aromatic rings. The van der Waals surface area contributed by atoms with E-state index >= 15 is 0 Å². The Balaban J connectivity index is 1.34. The van der Waals surface area contributed by atoms with Crippen molar-refractivity contribution < 1.29 is 19.1 Å². The first-order valence-electron chi connectivity index (χ1n) is 12.5. The summed E-state index contributed by atoms with van der Waals surface area (Å²) in [5.74, 6) is 1.86. The van der Waals surface area contributed by atoms with E-state index in [9.17, 15) is 14.4 Å². The van der Waals surface area contributed by atoms with E-state index < -0.39 is 12.0 Å². The van der Waals surface area contributed by atoms with Crippen molar-refractivity contribution in [2.45, 2.75) is 71.4 Å². The second kappa shape index (κ2) is 8.43. The molecule has 4 fully saturated rings. The number of esters is 1. The molecule has 2 N–H and O–H groups in total. The first-order valence-corrected chi connectivity index (χ1v) is 12.5. The Kier molecular flexibility index (Phi) is 5.69. The van der Waals surface area contributed by atoms with E-state index in [2.05, 4.69) is 10.6 Å². The van der Waals surface area contributed by atoms with Crippen LogP contribution in [-0.2, 0) is 14.3 Å². The summed E-state index contributed by atoms with van der Waals surface area (Å²) in [7, 11) is 1.63. The van der Waals surface area contributed by atoms with Crippen LogP contribution >= 0.6 is 0 Å². The lowest BCUT2D eigenvalue weighted by atomic mass is 9.49. The molecule has 5 aliphatic rings. The summed E-state index contributed by atoms with van der Waals surface area (Å²) in [6.07, 6.45) is 6.72. The van der Waals surface area contributed by atoms with Gasteiger partial charge in [0.15, 0.2) is 0 Å². The molecule has 4 bridgehead atoms. The maximum Gasteiger partial charge on any atom is 0.338 e. The molecule has 6 rings (SSSR count). The van der Waals surface area contributed by atoms with Crippen LogP contribution in [0.15, 0.2) is 35.5 Å². The number of nitrogens with one attached hydrogen (secondary N) is 2. The average molecular weight is 466 g/mol. The molecule has 1 aliphatic heterocycles. The Morgan fingerprint density at radius 3 is 2.15 bits per heavy atom. The van der Waals surface area contributed by atoms with Gasteiger partial charge in [-0.25, -0.2) is 9.59 Å². The molecule has 1 unspecified atom stereocenters. The molecule has 7 heteroatoms. The van der Waals surface area contributed by atoms with Gasteiger partial charge in [-0.15, -0.1) is 0 Å². The summed E-state index contributed by atoms with van der Waals surface area (Å²) in [6.45, 7) is 5.35. The lowest BCUT2D eigenvalue weighted by molar-refractivity contribution is -0.143. The average Bonchev–Trinajstić information content (AvgIpc) is 2.76. The first kappa shape index (κ1) is 22.9. The molecule has 0 spiro atoms. The molecule has 4 aliphatic carbocycles. The molecule has 3 amide bonds. The zero-order valence-corrected chi connectivity index (χ0v) is 20.5. The van der Waals surface area contributed by atoms with Crippen LogP contribution in [0.4, 0.5) is 10.5 Å². The summed E-state index contributed by atoms with van der Waals surface area (Å²) >= 11 is 0. The van der Waals surface area contributed by atoms with Gasteiger partial charge < -0.3 is 20.3 Å². The quantitative estimate of drug-likeness (QED) is 0.614. The van der Waals surface area contributed by atoms with Gasteiger partial charge in [0.1, 0.15) is 0 Å². The van der Waals surface area contributed by atoms with Gasteiger partial charge in [0.25, 0.3) is 0 Å². The first-order chi connectivity index (χ1) is 16.1. The van der Waals surface area contributed by atoms with Gasteiger partial charge >= 0.3 is 12.0 Å². The minimum absolute atomic E-state index is 0.156. The SMILES string of the molecule is CC1=C(C(=O)OC(C)C)C(c2ccc(NC(=O)C34CC5CC(CC(C5)C3)C4)cc2)NC(=O)N1C. The standard InChI is InChI=1S/C27H35N3O4/c1-15(2)34-24(31)22-16(3)30(4)26(33)29-23(22)20-5-7-21(8-6-20)28-25(32)27-12-17-9-18(13-27)11-19(10-17)14-27/h5-8,15,17-19,23H,9-14H2,1-4H3,(H,28,32)(H,29,33). The number of rotatable bonds is 5. The van der Waals surface area contributed by atoms with Gasteiger partial charge in [-0.1, -0.05) is 12.1 Å². The van der Waals surface area contributed by atoms with Gasteiger partial charge in [-0.3, -0.25) is 4.79 Å². The molecule has 4 saturated carbocycles. The lowest BCUT2D eigenvalue weighted by Gasteiger charge is -2.55. The van der Waals surface area contributed by atoms with Crippen LogP contribution in [0.3, 0.4) is 0 Å². The van der Waals surface area contributed by atoms with Gasteiger partial charge in [-0.05, 0) is 94.7 Å². The monoisotopic (exact) mass is 465 g/mol. The molecule has 34 heavy (non-hydrogen) atoms. The fourth-order valence-electron chi connectivity index (χ4n) is 7.04. The maximum absolute atomic E-state index is 13.4. The van der Waals surface area contributed by atoms with Crippen LogP contribution in [0.1, 0.15) is 70.9 Å². The minimum Gasteiger partial charge on any atom is -0.459 e. The van der Waals surface area contributed by atoms with Crippen molar-refractivity contribution in [2.75, 3.05) is 12.4 Å². The Labute approximate surface area is 201 Å². The number of amides is 3. The van der Waals surface area contributed by atoms with Crippen LogP contribution in [-0.4, -0.2) is 36.0 Å². The number of allylic oxidation sites excluding steroid dienone is 1. The summed E-state index contributed by atoms with van der Waals surface area (Å²) < 4.78 is 5.46. The molecule has 182 valence electrons. The van der Waals surface area contributed by atoms with Crippen molar-refractivity contribution in [1.29, 1.82) is 0 Å². The predicted octanol–water partition coefficient (Wildman–Crippen LogP) is 4.76. The number of ether oxygens (including phenoxy) is 1. The van der Waals surface area contributed by atoms with Crippen molar-refractivity contribution in [2.24, 2.45) is 23.2 Å². The summed E-state index contributed by atoms with van der Waals surface area (Å²) in [6, 6.07) is 6.56. The zero-order valence-electron chi connectivity index (χ0n) is 20.5. The summed E-state index contributed by atoms with van der Waals surface area (Å²) in [4.78, 5) is 40.1. The van der Waals surface area contributed by atoms with Crippen LogP contribution in [0.2, 0.25) is 0 Å². The second-order valence-electron chi connectivity index (χ2n) is 11.2. The summed E-state index contributed by atoms with van der Waals surface area (Å²) in [5, 5.41) is 6.08. The molecule has 1 heterocycles. The number of carbonyl (C=O) groups excluding carboxylic acids is 3. The molecular weight excluding hydrogens is 430 g/mol. The molecule has 1 atom stereocenters. The van der Waals surface area contributed by atoms with Crippen molar-refractivity contribution in [3.05, 3.63) is 41.1 Å². The second-order valence-corrected chi connectivity index (χ2v) is 11.2. The normalized spacial score (nSPS) is 32.1. The maximum atomic E-state index is 13.4.